The van der Waals surface area contributed by atoms with E-state index in [-0.39, 0.29) is 23.8 Å². The molecule has 0 spiro atoms. The van der Waals surface area contributed by atoms with E-state index in [1.54, 1.807) is 53.1 Å². The Morgan fingerprint density at radius 3 is 2.39 bits per heavy atom. The van der Waals surface area contributed by atoms with Gasteiger partial charge in [0.15, 0.2) is 5.16 Å². The van der Waals surface area contributed by atoms with Crippen molar-refractivity contribution in [1.29, 1.82) is 0 Å². The molecule has 4 aromatic rings. The molecule has 4 rings (SSSR count). The Labute approximate surface area is 193 Å². The largest absolute Gasteiger partial charge is 0.324 e. The van der Waals surface area contributed by atoms with Gasteiger partial charge in [-0.05, 0) is 35.9 Å². The van der Waals surface area contributed by atoms with Crippen molar-refractivity contribution in [1.82, 2.24) is 9.55 Å². The van der Waals surface area contributed by atoms with Crippen LogP contribution in [-0.4, -0.2) is 21.2 Å². The predicted octanol–water partition coefficient (Wildman–Crippen LogP) is 5.48. The molecular weight excluding hydrogens is 453 g/mol. The molecule has 0 radical (unpaired) electrons. The number of rotatable bonds is 6. The molecule has 3 aromatic carbocycles. The summed E-state index contributed by atoms with van der Waals surface area (Å²) >= 11 is 13.6. The molecule has 1 aromatic heterocycles. The van der Waals surface area contributed by atoms with Crippen LogP contribution in [0.25, 0.3) is 10.9 Å². The first-order valence-electron chi connectivity index (χ1n) is 9.43. The Kier molecular flexibility index (Phi) is 6.61. The summed E-state index contributed by atoms with van der Waals surface area (Å²) in [6.45, 7) is 0.255. The minimum Gasteiger partial charge on any atom is -0.324 e. The lowest BCUT2D eigenvalue weighted by Gasteiger charge is -2.14. The van der Waals surface area contributed by atoms with E-state index in [0.717, 1.165) is 5.56 Å². The number of hydrogen-bond acceptors (Lipinski definition) is 4. The molecule has 0 unspecified atom stereocenters. The average molecular weight is 470 g/mol. The third-order valence-electron chi connectivity index (χ3n) is 4.59. The van der Waals surface area contributed by atoms with Gasteiger partial charge in [-0.15, -0.1) is 0 Å². The lowest BCUT2D eigenvalue weighted by molar-refractivity contribution is -0.113. The van der Waals surface area contributed by atoms with Gasteiger partial charge in [0.25, 0.3) is 5.56 Å². The number of fused-ring (bicyclic) bond motifs is 1. The van der Waals surface area contributed by atoms with Crippen LogP contribution in [0.4, 0.5) is 5.69 Å². The number of hydrogen-bond donors (Lipinski definition) is 1. The molecule has 1 N–H and O–H groups in total. The number of halogens is 2. The molecule has 1 heterocycles. The summed E-state index contributed by atoms with van der Waals surface area (Å²) in [6, 6.07) is 21.5. The molecule has 5 nitrogen and oxygen atoms in total. The predicted molar refractivity (Wildman–Crippen MR) is 127 cm³/mol. The molecule has 0 bridgehead atoms. The van der Waals surface area contributed by atoms with Gasteiger partial charge >= 0.3 is 0 Å². The van der Waals surface area contributed by atoms with Gasteiger partial charge in [0.05, 0.1) is 33.9 Å². The van der Waals surface area contributed by atoms with E-state index in [4.69, 9.17) is 23.2 Å². The van der Waals surface area contributed by atoms with Gasteiger partial charge in [0.2, 0.25) is 5.91 Å². The number of thioether (sulfide) groups is 1. The molecule has 156 valence electrons. The molecular formula is C23H17Cl2N3O2S. The highest BCUT2D eigenvalue weighted by atomic mass is 35.5. The summed E-state index contributed by atoms with van der Waals surface area (Å²) < 4.78 is 1.55. The van der Waals surface area contributed by atoms with Crippen molar-refractivity contribution in [2.75, 3.05) is 11.1 Å². The van der Waals surface area contributed by atoms with Gasteiger partial charge < -0.3 is 5.32 Å². The van der Waals surface area contributed by atoms with Crippen LogP contribution in [0.1, 0.15) is 5.56 Å². The zero-order valence-corrected chi connectivity index (χ0v) is 18.5. The molecule has 8 heteroatoms. The van der Waals surface area contributed by atoms with Gasteiger partial charge in [0, 0.05) is 5.02 Å². The highest BCUT2D eigenvalue weighted by molar-refractivity contribution is 7.99. The number of nitrogens with one attached hydrogen (secondary N) is 1. The van der Waals surface area contributed by atoms with Gasteiger partial charge in [-0.2, -0.15) is 0 Å². The summed E-state index contributed by atoms with van der Waals surface area (Å²) in [6.07, 6.45) is 0. The zero-order chi connectivity index (χ0) is 21.8. The molecule has 0 saturated carbocycles. The van der Waals surface area contributed by atoms with E-state index in [1.165, 1.54) is 11.8 Å². The summed E-state index contributed by atoms with van der Waals surface area (Å²) in [5.41, 5.74) is 1.73. The van der Waals surface area contributed by atoms with Crippen molar-refractivity contribution in [3.05, 3.63) is 98.8 Å². The molecule has 0 saturated heterocycles. The highest BCUT2D eigenvalue weighted by Crippen LogP contribution is 2.23. The van der Waals surface area contributed by atoms with Crippen LogP contribution in [0.2, 0.25) is 10.0 Å². The maximum Gasteiger partial charge on any atom is 0.262 e. The van der Waals surface area contributed by atoms with Crippen molar-refractivity contribution in [3.63, 3.8) is 0 Å². The monoisotopic (exact) mass is 469 g/mol. The van der Waals surface area contributed by atoms with Crippen molar-refractivity contribution < 1.29 is 4.79 Å². The van der Waals surface area contributed by atoms with E-state index in [9.17, 15) is 9.59 Å². The average Bonchev–Trinajstić information content (AvgIpc) is 2.77. The molecule has 1 amide bonds. The molecule has 0 aliphatic carbocycles. The Balaban J connectivity index is 1.64. The third-order valence-corrected chi connectivity index (χ3v) is 6.27. The fraction of sp³-hybridized carbons (Fsp3) is 0.0870. The minimum absolute atomic E-state index is 0.0680. The maximum atomic E-state index is 13.2. The van der Waals surface area contributed by atoms with Crippen molar-refractivity contribution in [2.45, 2.75) is 11.7 Å². The number of benzene rings is 3. The van der Waals surface area contributed by atoms with Crippen LogP contribution in [0.15, 0.2) is 82.7 Å². The highest BCUT2D eigenvalue weighted by Gasteiger charge is 2.15. The maximum absolute atomic E-state index is 13.2. The first kappa shape index (κ1) is 21.4. The summed E-state index contributed by atoms with van der Waals surface area (Å²) in [7, 11) is 0. The van der Waals surface area contributed by atoms with Gasteiger partial charge in [-0.3, -0.25) is 14.2 Å². The fourth-order valence-corrected chi connectivity index (χ4v) is 4.25. The third kappa shape index (κ3) is 4.93. The van der Waals surface area contributed by atoms with Crippen LogP contribution >= 0.6 is 35.0 Å². The van der Waals surface area contributed by atoms with Crippen LogP contribution < -0.4 is 10.9 Å². The van der Waals surface area contributed by atoms with Gasteiger partial charge in [-0.1, -0.05) is 77.4 Å². The second-order valence-corrected chi connectivity index (χ2v) is 8.47. The normalized spacial score (nSPS) is 10.9. The van der Waals surface area contributed by atoms with Gasteiger partial charge in [0.1, 0.15) is 0 Å². The zero-order valence-electron chi connectivity index (χ0n) is 16.2. The topological polar surface area (TPSA) is 64.0 Å². The van der Waals surface area contributed by atoms with Crippen molar-refractivity contribution in [3.8, 4) is 0 Å². The van der Waals surface area contributed by atoms with Crippen LogP contribution in [0.5, 0.6) is 0 Å². The summed E-state index contributed by atoms with van der Waals surface area (Å²) in [5.74, 6) is -0.178. The first-order chi connectivity index (χ1) is 15.0. The van der Waals surface area contributed by atoms with E-state index in [2.05, 4.69) is 10.3 Å². The fourth-order valence-electron chi connectivity index (χ4n) is 3.07. The molecule has 31 heavy (non-hydrogen) atoms. The van der Waals surface area contributed by atoms with E-state index < -0.39 is 0 Å². The lowest BCUT2D eigenvalue weighted by atomic mass is 10.2. The molecule has 0 atom stereocenters. The van der Waals surface area contributed by atoms with Crippen molar-refractivity contribution >= 4 is 57.5 Å². The number of amides is 1. The second-order valence-electron chi connectivity index (χ2n) is 6.71. The quantitative estimate of drug-likeness (QED) is 0.299. The minimum atomic E-state index is -0.246. The lowest BCUT2D eigenvalue weighted by Crippen LogP contribution is -2.25. The number of nitrogens with zero attached hydrogens (tertiary/aromatic N) is 2. The van der Waals surface area contributed by atoms with E-state index in [1.807, 2.05) is 24.3 Å². The Morgan fingerprint density at radius 1 is 0.935 bits per heavy atom. The van der Waals surface area contributed by atoms with Crippen molar-refractivity contribution in [2.24, 2.45) is 0 Å². The Hall–Kier alpha value is -2.80. The Bertz CT molecular complexity index is 1320. The van der Waals surface area contributed by atoms with E-state index >= 15 is 0 Å². The number of aromatic nitrogens is 2. The molecule has 0 aliphatic heterocycles. The smallest absolute Gasteiger partial charge is 0.262 e. The second kappa shape index (κ2) is 9.56. The summed E-state index contributed by atoms with van der Waals surface area (Å²) in [5, 5.41) is 4.76. The number of carbonyl (C=O) groups is 1. The standard InChI is InChI=1S/C23H17Cl2N3O2S/c24-17-9-3-1-7-15(17)13-28-22(30)16-8-2-5-11-19(16)27-23(28)31-14-21(29)26-20-12-6-4-10-18(20)25/h1-12H,13-14H2,(H,26,29). The molecule has 0 aliphatic rings. The number of para-hydroxylation sites is 2. The molecule has 0 fully saturated rings. The number of anilines is 1. The first-order valence-corrected chi connectivity index (χ1v) is 11.2. The SMILES string of the molecule is O=C(CSc1nc2ccccc2c(=O)n1Cc1ccccc1Cl)Nc1ccccc1Cl. The van der Waals surface area contributed by atoms with Crippen LogP contribution in [0.3, 0.4) is 0 Å². The van der Waals surface area contributed by atoms with Gasteiger partial charge in [-0.25, -0.2) is 4.98 Å². The Morgan fingerprint density at radius 2 is 1.61 bits per heavy atom. The van der Waals surface area contributed by atoms with Crippen LogP contribution in [0, 0.1) is 0 Å². The van der Waals surface area contributed by atoms with Crippen LogP contribution in [-0.2, 0) is 11.3 Å². The number of carbonyl (C=O) groups excluding carboxylic acids is 1. The summed E-state index contributed by atoms with van der Waals surface area (Å²) in [4.78, 5) is 30.3. The van der Waals surface area contributed by atoms with E-state index in [0.29, 0.717) is 31.8 Å².